The fourth-order valence-electron chi connectivity index (χ4n) is 2.18. The molecule has 0 atom stereocenters. The first-order valence-corrected chi connectivity index (χ1v) is 6.11. The number of carbonyl (C=O) groups is 1. The van der Waals surface area contributed by atoms with Gasteiger partial charge >= 0.3 is 0 Å². The second kappa shape index (κ2) is 5.30. The average molecular weight is 249 g/mol. The molecule has 1 saturated heterocycles. The molecule has 98 valence electrons. The van der Waals surface area contributed by atoms with E-state index < -0.39 is 0 Å². The predicted octanol–water partition coefficient (Wildman–Crippen LogP) is 0.225. The maximum absolute atomic E-state index is 12.2. The molecule has 6 heteroatoms. The molecule has 2 heterocycles. The van der Waals surface area contributed by atoms with Gasteiger partial charge in [-0.1, -0.05) is 0 Å². The van der Waals surface area contributed by atoms with Gasteiger partial charge in [-0.05, 0) is 33.0 Å². The van der Waals surface area contributed by atoms with Gasteiger partial charge in [0.2, 0.25) is 0 Å². The minimum absolute atomic E-state index is 0.0861. The number of nitrogens with two attached hydrogens (primary N) is 1. The average Bonchev–Trinajstić information content (AvgIpc) is 2.39. The first kappa shape index (κ1) is 12.8. The van der Waals surface area contributed by atoms with Crippen molar-refractivity contribution in [2.24, 2.45) is 0 Å². The summed E-state index contributed by atoms with van der Waals surface area (Å²) in [5.41, 5.74) is 5.81. The number of hydrogen-bond donors (Lipinski definition) is 1. The van der Waals surface area contributed by atoms with Gasteiger partial charge in [0.05, 0.1) is 12.4 Å². The standard InChI is InChI=1S/C12H19N5O/c1-16-5-3-9(4-6-16)17(2)12(18)10-7-15-11(13)8-14-10/h7-9H,3-6H2,1-2H3,(H2,13,15). The summed E-state index contributed by atoms with van der Waals surface area (Å²) in [6.45, 7) is 2.05. The molecule has 0 radical (unpaired) electrons. The van der Waals surface area contributed by atoms with Crippen molar-refractivity contribution < 1.29 is 4.79 Å². The van der Waals surface area contributed by atoms with Crippen LogP contribution in [0.25, 0.3) is 0 Å². The summed E-state index contributed by atoms with van der Waals surface area (Å²) < 4.78 is 0. The van der Waals surface area contributed by atoms with Crippen molar-refractivity contribution in [1.29, 1.82) is 0 Å². The van der Waals surface area contributed by atoms with E-state index in [1.807, 2.05) is 7.05 Å². The lowest BCUT2D eigenvalue weighted by molar-refractivity contribution is 0.0653. The third kappa shape index (κ3) is 2.76. The SMILES string of the molecule is CN1CCC(N(C)C(=O)c2cnc(N)cn2)CC1. The number of rotatable bonds is 2. The van der Waals surface area contributed by atoms with Gasteiger partial charge in [0.25, 0.3) is 5.91 Å². The highest BCUT2D eigenvalue weighted by atomic mass is 16.2. The third-order valence-electron chi connectivity index (χ3n) is 3.45. The van der Waals surface area contributed by atoms with E-state index in [2.05, 4.69) is 21.9 Å². The van der Waals surface area contributed by atoms with E-state index in [1.54, 1.807) is 4.90 Å². The second-order valence-corrected chi connectivity index (χ2v) is 4.78. The summed E-state index contributed by atoms with van der Waals surface area (Å²) in [5, 5.41) is 0. The molecule has 2 N–H and O–H groups in total. The zero-order valence-corrected chi connectivity index (χ0v) is 10.8. The van der Waals surface area contributed by atoms with Crippen LogP contribution >= 0.6 is 0 Å². The van der Waals surface area contributed by atoms with Crippen molar-refractivity contribution in [3.05, 3.63) is 18.1 Å². The van der Waals surface area contributed by atoms with Crippen LogP contribution in [0.2, 0.25) is 0 Å². The molecular formula is C12H19N5O. The molecule has 0 bridgehead atoms. The maximum Gasteiger partial charge on any atom is 0.274 e. The van der Waals surface area contributed by atoms with Crippen molar-refractivity contribution in [2.45, 2.75) is 18.9 Å². The molecule has 1 aromatic heterocycles. The Morgan fingerprint density at radius 3 is 2.61 bits per heavy atom. The first-order chi connectivity index (χ1) is 8.58. The summed E-state index contributed by atoms with van der Waals surface area (Å²) in [6, 6.07) is 0.285. The molecule has 0 unspecified atom stereocenters. The Balaban J connectivity index is 2.02. The lowest BCUT2D eigenvalue weighted by atomic mass is 10.0. The number of nitrogens with zero attached hydrogens (tertiary/aromatic N) is 4. The molecule has 0 aliphatic carbocycles. The Labute approximate surface area is 107 Å². The highest BCUT2D eigenvalue weighted by Gasteiger charge is 2.25. The number of aromatic nitrogens is 2. The number of amides is 1. The van der Waals surface area contributed by atoms with Crippen LogP contribution in [0.5, 0.6) is 0 Å². The summed E-state index contributed by atoms with van der Waals surface area (Å²) in [4.78, 5) is 24.2. The number of nitrogen functional groups attached to an aromatic ring is 1. The van der Waals surface area contributed by atoms with Gasteiger partial charge in [-0.3, -0.25) is 4.79 Å². The molecule has 1 aliphatic heterocycles. The van der Waals surface area contributed by atoms with Crippen LogP contribution in [0.4, 0.5) is 5.82 Å². The molecule has 0 saturated carbocycles. The molecule has 1 aliphatic rings. The van der Waals surface area contributed by atoms with Gasteiger partial charge in [0.1, 0.15) is 11.5 Å². The van der Waals surface area contributed by atoms with Crippen molar-refractivity contribution in [1.82, 2.24) is 19.8 Å². The molecular weight excluding hydrogens is 230 g/mol. The van der Waals surface area contributed by atoms with E-state index in [0.717, 1.165) is 25.9 Å². The van der Waals surface area contributed by atoms with Crippen molar-refractivity contribution in [3.8, 4) is 0 Å². The fourth-order valence-corrected chi connectivity index (χ4v) is 2.18. The van der Waals surface area contributed by atoms with Gasteiger partial charge < -0.3 is 15.5 Å². The normalized spacial score (nSPS) is 17.7. The minimum Gasteiger partial charge on any atom is -0.382 e. The highest BCUT2D eigenvalue weighted by Crippen LogP contribution is 2.15. The summed E-state index contributed by atoms with van der Waals surface area (Å²) >= 11 is 0. The molecule has 1 amide bonds. The molecule has 0 spiro atoms. The smallest absolute Gasteiger partial charge is 0.274 e. The van der Waals surface area contributed by atoms with E-state index in [0.29, 0.717) is 11.5 Å². The molecule has 18 heavy (non-hydrogen) atoms. The van der Waals surface area contributed by atoms with Gasteiger partial charge in [-0.25, -0.2) is 9.97 Å². The lowest BCUT2D eigenvalue weighted by Gasteiger charge is -2.34. The monoisotopic (exact) mass is 249 g/mol. The van der Waals surface area contributed by atoms with E-state index >= 15 is 0 Å². The van der Waals surface area contributed by atoms with Crippen LogP contribution in [0.15, 0.2) is 12.4 Å². The topological polar surface area (TPSA) is 75.3 Å². The van der Waals surface area contributed by atoms with Crippen LogP contribution in [0, 0.1) is 0 Å². The van der Waals surface area contributed by atoms with Gasteiger partial charge in [-0.15, -0.1) is 0 Å². The Kier molecular flexibility index (Phi) is 3.76. The lowest BCUT2D eigenvalue weighted by Crippen LogP contribution is -2.44. The Morgan fingerprint density at radius 2 is 2.06 bits per heavy atom. The number of likely N-dealkylation sites (tertiary alicyclic amines) is 1. The molecule has 1 fully saturated rings. The zero-order chi connectivity index (χ0) is 13.1. The fraction of sp³-hybridized carbons (Fsp3) is 0.583. The largest absolute Gasteiger partial charge is 0.382 e. The summed E-state index contributed by atoms with van der Waals surface area (Å²) in [7, 11) is 3.93. The number of piperidine rings is 1. The summed E-state index contributed by atoms with van der Waals surface area (Å²) in [6.07, 6.45) is 4.85. The number of anilines is 1. The Hall–Kier alpha value is -1.69. The quantitative estimate of drug-likeness (QED) is 0.811. The third-order valence-corrected chi connectivity index (χ3v) is 3.45. The zero-order valence-electron chi connectivity index (χ0n) is 10.8. The van der Waals surface area contributed by atoms with Gasteiger partial charge in [0, 0.05) is 13.1 Å². The molecule has 1 aromatic rings. The predicted molar refractivity (Wildman–Crippen MR) is 69.1 cm³/mol. The van der Waals surface area contributed by atoms with Crippen molar-refractivity contribution >= 4 is 11.7 Å². The van der Waals surface area contributed by atoms with E-state index in [4.69, 9.17) is 5.73 Å². The maximum atomic E-state index is 12.2. The number of carbonyl (C=O) groups excluding carboxylic acids is 1. The number of hydrogen-bond acceptors (Lipinski definition) is 5. The van der Waals surface area contributed by atoms with Gasteiger partial charge in [-0.2, -0.15) is 0 Å². The Bertz CT molecular complexity index is 411. The summed E-state index contributed by atoms with van der Waals surface area (Å²) in [5.74, 6) is 0.241. The molecule has 6 nitrogen and oxygen atoms in total. The van der Waals surface area contributed by atoms with E-state index in [-0.39, 0.29) is 11.9 Å². The van der Waals surface area contributed by atoms with Crippen molar-refractivity contribution in [2.75, 3.05) is 32.9 Å². The van der Waals surface area contributed by atoms with Crippen LogP contribution in [-0.4, -0.2) is 58.9 Å². The van der Waals surface area contributed by atoms with E-state index in [9.17, 15) is 4.79 Å². The highest BCUT2D eigenvalue weighted by molar-refractivity contribution is 5.92. The van der Waals surface area contributed by atoms with Crippen LogP contribution in [0.1, 0.15) is 23.3 Å². The van der Waals surface area contributed by atoms with Crippen molar-refractivity contribution in [3.63, 3.8) is 0 Å². The minimum atomic E-state index is -0.0861. The van der Waals surface area contributed by atoms with Gasteiger partial charge in [0.15, 0.2) is 0 Å². The molecule has 0 aromatic carbocycles. The van der Waals surface area contributed by atoms with Crippen LogP contribution in [0.3, 0.4) is 0 Å². The van der Waals surface area contributed by atoms with Crippen LogP contribution < -0.4 is 5.73 Å². The van der Waals surface area contributed by atoms with E-state index in [1.165, 1.54) is 12.4 Å². The molecule has 2 rings (SSSR count). The van der Waals surface area contributed by atoms with Crippen LogP contribution in [-0.2, 0) is 0 Å². The second-order valence-electron chi connectivity index (χ2n) is 4.78. The first-order valence-electron chi connectivity index (χ1n) is 6.11. The Morgan fingerprint density at radius 1 is 1.39 bits per heavy atom.